The van der Waals surface area contributed by atoms with Crippen molar-refractivity contribution in [2.45, 2.75) is 108 Å². The van der Waals surface area contributed by atoms with Crippen molar-refractivity contribution in [2.24, 2.45) is 11.7 Å². The van der Waals surface area contributed by atoms with Crippen molar-refractivity contribution in [1.82, 2.24) is 15.1 Å². The zero-order chi connectivity index (χ0) is 22.9. The molecule has 4 aliphatic rings. The molecule has 1 heterocycles. The summed E-state index contributed by atoms with van der Waals surface area (Å²) < 4.78 is 0. The van der Waals surface area contributed by atoms with Gasteiger partial charge < -0.3 is 16.0 Å². The van der Waals surface area contributed by atoms with Gasteiger partial charge in [0.1, 0.15) is 6.04 Å². The summed E-state index contributed by atoms with van der Waals surface area (Å²) in [4.78, 5) is 31.1. The molecule has 6 heteroatoms. The Kier molecular flexibility index (Phi) is 6.75. The zero-order valence-electron chi connectivity index (χ0n) is 20.0. The number of nitrogens with zero attached hydrogens (tertiary/aromatic N) is 2. The fourth-order valence-corrected chi connectivity index (χ4v) is 5.75. The number of hydrogen-bond acceptors (Lipinski definition) is 4. The quantitative estimate of drug-likeness (QED) is 0.666. The molecular weight excluding hydrogens is 412 g/mol. The maximum atomic E-state index is 13.5. The van der Waals surface area contributed by atoms with Crippen molar-refractivity contribution in [2.75, 3.05) is 6.54 Å². The minimum atomic E-state index is -0.341. The number of rotatable bonds is 7. The molecule has 0 aromatic heterocycles. The maximum Gasteiger partial charge on any atom is 0.243 e. The number of piperidine rings is 1. The first-order valence-electron chi connectivity index (χ1n) is 13.2. The van der Waals surface area contributed by atoms with E-state index < -0.39 is 0 Å². The Morgan fingerprint density at radius 2 is 1.67 bits per heavy atom. The molecule has 6 nitrogen and oxygen atoms in total. The van der Waals surface area contributed by atoms with Gasteiger partial charge in [0.2, 0.25) is 11.8 Å². The van der Waals surface area contributed by atoms with E-state index in [1.807, 2.05) is 4.90 Å². The molecule has 1 saturated heterocycles. The van der Waals surface area contributed by atoms with Crippen molar-refractivity contribution >= 4 is 11.8 Å². The molecule has 2 amide bonds. The van der Waals surface area contributed by atoms with Gasteiger partial charge in [-0.1, -0.05) is 29.8 Å². The highest BCUT2D eigenvalue weighted by atomic mass is 16.2. The molecule has 1 unspecified atom stereocenters. The third-order valence-corrected chi connectivity index (χ3v) is 8.18. The van der Waals surface area contributed by atoms with Gasteiger partial charge in [-0.2, -0.15) is 0 Å². The van der Waals surface area contributed by atoms with Crippen LogP contribution in [-0.2, 0) is 16.1 Å². The number of carbonyl (C=O) groups is 2. The second-order valence-corrected chi connectivity index (χ2v) is 11.0. The maximum absolute atomic E-state index is 13.5. The van der Waals surface area contributed by atoms with E-state index in [2.05, 4.69) is 41.4 Å². The fraction of sp³-hybridized carbons (Fsp3) is 0.704. The minimum Gasteiger partial charge on any atom is -0.352 e. The van der Waals surface area contributed by atoms with E-state index in [-0.39, 0.29) is 35.9 Å². The van der Waals surface area contributed by atoms with Gasteiger partial charge in [0.15, 0.2) is 0 Å². The van der Waals surface area contributed by atoms with Gasteiger partial charge in [-0.25, -0.2) is 0 Å². The van der Waals surface area contributed by atoms with Crippen LogP contribution in [0, 0.1) is 12.8 Å². The van der Waals surface area contributed by atoms with Gasteiger partial charge in [0, 0.05) is 43.2 Å². The van der Waals surface area contributed by atoms with Crippen LogP contribution in [0.3, 0.4) is 0 Å². The second-order valence-electron chi connectivity index (χ2n) is 11.0. The third kappa shape index (κ3) is 5.60. The lowest BCUT2D eigenvalue weighted by Crippen LogP contribution is -2.59. The number of nitrogens with two attached hydrogens (primary N) is 1. The first kappa shape index (κ1) is 22.9. The number of nitrogens with one attached hydrogen (secondary N) is 1. The summed E-state index contributed by atoms with van der Waals surface area (Å²) in [6.45, 7) is 3.75. The molecule has 1 aliphatic heterocycles. The Labute approximate surface area is 198 Å². The molecule has 5 rings (SSSR count). The van der Waals surface area contributed by atoms with Crippen LogP contribution in [0.25, 0.3) is 0 Å². The van der Waals surface area contributed by atoms with Crippen LogP contribution >= 0.6 is 0 Å². The molecular formula is C27H40N4O2. The highest BCUT2D eigenvalue weighted by molar-refractivity contribution is 5.89. The molecule has 0 radical (unpaired) electrons. The highest BCUT2D eigenvalue weighted by Gasteiger charge is 2.45. The first-order chi connectivity index (χ1) is 16.0. The van der Waals surface area contributed by atoms with Gasteiger partial charge in [0.05, 0.1) is 0 Å². The van der Waals surface area contributed by atoms with E-state index in [1.165, 1.54) is 24.0 Å². The predicted octanol–water partition coefficient (Wildman–Crippen LogP) is 3.12. The van der Waals surface area contributed by atoms with Crippen LogP contribution in [0.5, 0.6) is 0 Å². The van der Waals surface area contributed by atoms with Crippen molar-refractivity contribution in [3.8, 4) is 0 Å². The number of amides is 2. The molecule has 2 atom stereocenters. The summed E-state index contributed by atoms with van der Waals surface area (Å²) in [7, 11) is 0. The Hall–Kier alpha value is -1.92. The van der Waals surface area contributed by atoms with Gasteiger partial charge >= 0.3 is 0 Å². The standard InChI is InChI=1S/C27H40N4O2/c1-18-2-4-19(5-3-18)17-31(23-12-13-23)24-14-15-30(27(33)20-6-7-20)25(16-24)26(32)29-22-10-8-21(28)9-11-22/h2-5,20-25H,6-17,28H2,1H3,(H,29,32)/t21?,22?,24?,25-/m1/s1. The van der Waals surface area contributed by atoms with Gasteiger partial charge in [0.25, 0.3) is 0 Å². The van der Waals surface area contributed by atoms with Gasteiger partial charge in [-0.05, 0) is 76.7 Å². The first-order valence-corrected chi connectivity index (χ1v) is 13.2. The number of benzene rings is 1. The monoisotopic (exact) mass is 452 g/mol. The van der Waals surface area contributed by atoms with Crippen LogP contribution in [0.1, 0.15) is 75.3 Å². The largest absolute Gasteiger partial charge is 0.352 e. The van der Waals surface area contributed by atoms with Gasteiger partial charge in [-0.3, -0.25) is 14.5 Å². The summed E-state index contributed by atoms with van der Waals surface area (Å²) in [5.41, 5.74) is 8.68. The molecule has 33 heavy (non-hydrogen) atoms. The smallest absolute Gasteiger partial charge is 0.243 e. The van der Waals surface area contributed by atoms with Crippen LogP contribution in [0.15, 0.2) is 24.3 Å². The molecule has 0 spiro atoms. The molecule has 3 N–H and O–H groups in total. The minimum absolute atomic E-state index is 0.0558. The van der Waals surface area contributed by atoms with Crippen LogP contribution in [-0.4, -0.2) is 58.4 Å². The SMILES string of the molecule is Cc1ccc(CN(C2CC2)C2CCN(C(=O)C3CC3)[C@@H](C(=O)NC3CCC(N)CC3)C2)cc1. The summed E-state index contributed by atoms with van der Waals surface area (Å²) in [6, 6.07) is 9.91. The Balaban J connectivity index is 1.29. The molecule has 1 aromatic rings. The molecule has 180 valence electrons. The summed E-state index contributed by atoms with van der Waals surface area (Å²) >= 11 is 0. The van der Waals surface area contributed by atoms with E-state index in [4.69, 9.17) is 5.73 Å². The highest BCUT2D eigenvalue weighted by Crippen LogP contribution is 2.37. The van der Waals surface area contributed by atoms with Crippen LogP contribution in [0.2, 0.25) is 0 Å². The summed E-state index contributed by atoms with van der Waals surface area (Å²) in [6.07, 6.45) is 9.98. The fourth-order valence-electron chi connectivity index (χ4n) is 5.75. The lowest BCUT2D eigenvalue weighted by atomic mass is 9.90. The van der Waals surface area contributed by atoms with E-state index in [1.54, 1.807) is 0 Å². The Morgan fingerprint density at radius 1 is 0.970 bits per heavy atom. The lowest BCUT2D eigenvalue weighted by molar-refractivity contribution is -0.145. The molecule has 4 fully saturated rings. The molecule has 0 bridgehead atoms. The van der Waals surface area contributed by atoms with Crippen LogP contribution in [0.4, 0.5) is 0 Å². The van der Waals surface area contributed by atoms with E-state index in [0.717, 1.165) is 57.9 Å². The van der Waals surface area contributed by atoms with Crippen LogP contribution < -0.4 is 11.1 Å². The number of hydrogen-bond donors (Lipinski definition) is 2. The molecule has 1 aromatic carbocycles. The lowest BCUT2D eigenvalue weighted by Gasteiger charge is -2.43. The Bertz CT molecular complexity index is 840. The van der Waals surface area contributed by atoms with E-state index in [9.17, 15) is 9.59 Å². The van der Waals surface area contributed by atoms with Crippen molar-refractivity contribution < 1.29 is 9.59 Å². The summed E-state index contributed by atoms with van der Waals surface area (Å²) in [5, 5.41) is 3.31. The van der Waals surface area contributed by atoms with Crippen molar-refractivity contribution in [1.29, 1.82) is 0 Å². The number of aryl methyl sites for hydroxylation is 1. The van der Waals surface area contributed by atoms with Crippen molar-refractivity contribution in [3.63, 3.8) is 0 Å². The normalized spacial score (nSPS) is 30.3. The van der Waals surface area contributed by atoms with E-state index in [0.29, 0.717) is 18.6 Å². The average Bonchev–Trinajstić information content (AvgIpc) is 3.72. The number of carbonyl (C=O) groups excluding carboxylic acids is 2. The summed E-state index contributed by atoms with van der Waals surface area (Å²) in [5.74, 6) is 0.410. The molecule has 3 saturated carbocycles. The second kappa shape index (κ2) is 9.75. The molecule has 3 aliphatic carbocycles. The average molecular weight is 453 g/mol. The topological polar surface area (TPSA) is 78.7 Å². The number of likely N-dealkylation sites (tertiary alicyclic amines) is 1. The third-order valence-electron chi connectivity index (χ3n) is 8.18. The Morgan fingerprint density at radius 3 is 2.30 bits per heavy atom. The zero-order valence-corrected chi connectivity index (χ0v) is 20.0. The predicted molar refractivity (Wildman–Crippen MR) is 129 cm³/mol. The van der Waals surface area contributed by atoms with E-state index >= 15 is 0 Å². The van der Waals surface area contributed by atoms with Crippen molar-refractivity contribution in [3.05, 3.63) is 35.4 Å². The van der Waals surface area contributed by atoms with Gasteiger partial charge in [-0.15, -0.1) is 0 Å².